The molecule has 13 heavy (non-hydrogen) atoms. The lowest BCUT2D eigenvalue weighted by molar-refractivity contribution is 0.162. The number of hydrogen-bond donors (Lipinski definition) is 0. The van der Waals surface area contributed by atoms with Gasteiger partial charge in [0.15, 0.2) is 0 Å². The summed E-state index contributed by atoms with van der Waals surface area (Å²) in [4.78, 5) is 0. The van der Waals surface area contributed by atoms with Crippen LogP contribution < -0.4 is 0 Å². The zero-order valence-electron chi connectivity index (χ0n) is 8.11. The van der Waals surface area contributed by atoms with Crippen molar-refractivity contribution in [2.45, 2.75) is 25.8 Å². The summed E-state index contributed by atoms with van der Waals surface area (Å²) in [6, 6.07) is 1.89. The quantitative estimate of drug-likeness (QED) is 0.657. The van der Waals surface area contributed by atoms with Gasteiger partial charge in [-0.1, -0.05) is 5.16 Å². The minimum atomic E-state index is -0.128. The molecule has 0 radical (unpaired) electrons. The van der Waals surface area contributed by atoms with Gasteiger partial charge < -0.3 is 4.52 Å². The molecule has 0 saturated carbocycles. The van der Waals surface area contributed by atoms with Gasteiger partial charge in [0.05, 0.1) is 0 Å². The molecule has 0 amide bonds. The van der Waals surface area contributed by atoms with Crippen molar-refractivity contribution in [2.75, 3.05) is 7.05 Å². The summed E-state index contributed by atoms with van der Waals surface area (Å²) < 4.78 is 4.85. The zero-order valence-corrected chi connectivity index (χ0v) is 8.11. The number of nitrogens with zero attached hydrogens (tertiary/aromatic N) is 3. The zero-order chi connectivity index (χ0) is 9.47. The van der Waals surface area contributed by atoms with Crippen molar-refractivity contribution >= 4 is 5.71 Å². The molecular formula is C9H13N3O. The second kappa shape index (κ2) is 2.58. The second-order valence-electron chi connectivity index (χ2n) is 3.69. The largest absolute Gasteiger partial charge is 0.364 e. The number of hydrogen-bond acceptors (Lipinski definition) is 4. The van der Waals surface area contributed by atoms with Crippen LogP contribution in [0.25, 0.3) is 0 Å². The summed E-state index contributed by atoms with van der Waals surface area (Å²) in [5, 5.41) is 10.3. The molecule has 1 aliphatic rings. The van der Waals surface area contributed by atoms with E-state index in [0.717, 1.165) is 17.8 Å². The summed E-state index contributed by atoms with van der Waals surface area (Å²) in [7, 11) is 1.96. The normalized spacial score (nSPS) is 27.9. The molecule has 0 N–H and O–H groups in total. The van der Waals surface area contributed by atoms with Crippen LogP contribution in [-0.4, -0.2) is 22.9 Å². The predicted octanol–water partition coefficient (Wildman–Crippen LogP) is 1.60. The summed E-state index contributed by atoms with van der Waals surface area (Å²) in [6.07, 6.45) is 2.51. The van der Waals surface area contributed by atoms with Crippen molar-refractivity contribution in [1.29, 1.82) is 0 Å². The van der Waals surface area contributed by atoms with Crippen LogP contribution >= 0.6 is 0 Å². The average molecular weight is 179 g/mol. The van der Waals surface area contributed by atoms with E-state index in [1.165, 1.54) is 0 Å². The van der Waals surface area contributed by atoms with E-state index >= 15 is 0 Å². The Morgan fingerprint density at radius 2 is 2.38 bits per heavy atom. The van der Waals surface area contributed by atoms with Crippen LogP contribution in [0.15, 0.2) is 22.0 Å². The Kier molecular flexibility index (Phi) is 1.65. The molecule has 0 spiro atoms. The molecule has 0 aliphatic carbocycles. The third kappa shape index (κ3) is 1.13. The van der Waals surface area contributed by atoms with Crippen LogP contribution in [0.2, 0.25) is 0 Å². The number of rotatable bonds is 1. The maximum Gasteiger partial charge on any atom is 0.124 e. The number of aromatic nitrogens is 1. The van der Waals surface area contributed by atoms with Gasteiger partial charge >= 0.3 is 0 Å². The Hall–Kier alpha value is -1.32. The molecule has 1 aliphatic heterocycles. The van der Waals surface area contributed by atoms with Crippen LogP contribution in [0.4, 0.5) is 0 Å². The monoisotopic (exact) mass is 179 g/mol. The summed E-state index contributed by atoms with van der Waals surface area (Å²) in [6.45, 7) is 4.15. The van der Waals surface area contributed by atoms with Crippen molar-refractivity contribution in [2.24, 2.45) is 5.10 Å². The van der Waals surface area contributed by atoms with Gasteiger partial charge in [-0.3, -0.25) is 5.01 Å². The SMILES string of the molecule is CC1=NN(C)C(C)(c2ccon2)C1. The number of hydrazone groups is 1. The summed E-state index contributed by atoms with van der Waals surface area (Å²) in [5.41, 5.74) is 1.94. The molecule has 2 heterocycles. The van der Waals surface area contributed by atoms with E-state index in [9.17, 15) is 0 Å². The molecule has 0 fully saturated rings. The Balaban J connectivity index is 2.34. The van der Waals surface area contributed by atoms with Crippen molar-refractivity contribution in [1.82, 2.24) is 10.2 Å². The lowest BCUT2D eigenvalue weighted by Gasteiger charge is -2.28. The van der Waals surface area contributed by atoms with Crippen molar-refractivity contribution in [3.05, 3.63) is 18.0 Å². The van der Waals surface area contributed by atoms with Crippen LogP contribution in [0.1, 0.15) is 26.0 Å². The molecule has 1 unspecified atom stereocenters. The summed E-state index contributed by atoms with van der Waals surface area (Å²) >= 11 is 0. The van der Waals surface area contributed by atoms with Gasteiger partial charge in [-0.05, 0) is 13.8 Å². The Bertz CT molecular complexity index is 331. The van der Waals surface area contributed by atoms with Crippen LogP contribution in [0.5, 0.6) is 0 Å². The molecule has 4 nitrogen and oxygen atoms in total. The van der Waals surface area contributed by atoms with Gasteiger partial charge in [0.1, 0.15) is 17.5 Å². The second-order valence-corrected chi connectivity index (χ2v) is 3.69. The topological polar surface area (TPSA) is 41.6 Å². The molecule has 0 aromatic carbocycles. The first-order valence-corrected chi connectivity index (χ1v) is 4.32. The molecule has 4 heteroatoms. The first-order valence-electron chi connectivity index (χ1n) is 4.32. The smallest absolute Gasteiger partial charge is 0.124 e. The highest BCUT2D eigenvalue weighted by Crippen LogP contribution is 2.34. The van der Waals surface area contributed by atoms with E-state index < -0.39 is 0 Å². The van der Waals surface area contributed by atoms with Crippen molar-refractivity contribution < 1.29 is 4.52 Å². The van der Waals surface area contributed by atoms with Crippen molar-refractivity contribution in [3.8, 4) is 0 Å². The highest BCUT2D eigenvalue weighted by molar-refractivity contribution is 5.84. The van der Waals surface area contributed by atoms with Gasteiger partial charge in [0, 0.05) is 25.2 Å². The Labute approximate surface area is 77.2 Å². The summed E-state index contributed by atoms with van der Waals surface area (Å²) in [5.74, 6) is 0. The average Bonchev–Trinajstić information content (AvgIpc) is 2.61. The van der Waals surface area contributed by atoms with Crippen LogP contribution in [0.3, 0.4) is 0 Å². The molecule has 1 aromatic rings. The van der Waals surface area contributed by atoms with Crippen LogP contribution in [-0.2, 0) is 5.54 Å². The Morgan fingerprint density at radius 3 is 2.85 bits per heavy atom. The molecular weight excluding hydrogens is 166 g/mol. The standard InChI is InChI=1S/C9H13N3O/c1-7-6-9(2,12(3)10-7)8-4-5-13-11-8/h4-5H,6H2,1-3H3. The molecule has 0 bridgehead atoms. The van der Waals surface area contributed by atoms with E-state index in [4.69, 9.17) is 4.52 Å². The van der Waals surface area contributed by atoms with Crippen LogP contribution in [0, 0.1) is 0 Å². The maximum atomic E-state index is 4.85. The molecule has 1 aromatic heterocycles. The van der Waals surface area contributed by atoms with E-state index in [0.29, 0.717) is 0 Å². The van der Waals surface area contributed by atoms with Gasteiger partial charge in [-0.15, -0.1) is 0 Å². The van der Waals surface area contributed by atoms with E-state index in [1.807, 2.05) is 25.0 Å². The van der Waals surface area contributed by atoms with E-state index in [2.05, 4.69) is 17.2 Å². The fourth-order valence-electron chi connectivity index (χ4n) is 1.76. The molecule has 1 atom stereocenters. The maximum absolute atomic E-state index is 4.85. The first-order chi connectivity index (χ1) is 6.13. The highest BCUT2D eigenvalue weighted by Gasteiger charge is 2.38. The highest BCUT2D eigenvalue weighted by atomic mass is 16.5. The van der Waals surface area contributed by atoms with Gasteiger partial charge in [-0.25, -0.2) is 0 Å². The molecule has 2 rings (SSSR count). The molecule has 0 saturated heterocycles. The predicted molar refractivity (Wildman–Crippen MR) is 49.3 cm³/mol. The van der Waals surface area contributed by atoms with E-state index in [-0.39, 0.29) is 5.54 Å². The fraction of sp³-hybridized carbons (Fsp3) is 0.556. The van der Waals surface area contributed by atoms with Crippen molar-refractivity contribution in [3.63, 3.8) is 0 Å². The van der Waals surface area contributed by atoms with Gasteiger partial charge in [0.2, 0.25) is 0 Å². The lowest BCUT2D eigenvalue weighted by Crippen LogP contribution is -2.34. The van der Waals surface area contributed by atoms with Gasteiger partial charge in [-0.2, -0.15) is 5.10 Å². The van der Waals surface area contributed by atoms with E-state index in [1.54, 1.807) is 6.26 Å². The first kappa shape index (κ1) is 8.29. The molecule has 70 valence electrons. The minimum absolute atomic E-state index is 0.128. The lowest BCUT2D eigenvalue weighted by atomic mass is 9.93. The Morgan fingerprint density at radius 1 is 1.62 bits per heavy atom. The minimum Gasteiger partial charge on any atom is -0.364 e. The fourth-order valence-corrected chi connectivity index (χ4v) is 1.76. The van der Waals surface area contributed by atoms with Gasteiger partial charge in [0.25, 0.3) is 0 Å². The third-order valence-corrected chi connectivity index (χ3v) is 2.62. The third-order valence-electron chi connectivity index (χ3n) is 2.62.